The van der Waals surface area contributed by atoms with Crippen molar-refractivity contribution >= 4 is 38.7 Å². The van der Waals surface area contributed by atoms with E-state index in [1.165, 1.54) is 14.2 Å². The molecule has 5 rings (SSSR count). The Morgan fingerprint density at radius 1 is 1.28 bits per heavy atom. The van der Waals surface area contributed by atoms with E-state index < -0.39 is 11.7 Å². The summed E-state index contributed by atoms with van der Waals surface area (Å²) >= 11 is 1.59. The maximum atomic E-state index is 13.0. The number of nitrogens with zero attached hydrogens (tertiary/aromatic N) is 1. The topological polar surface area (TPSA) is 65.5 Å². The molecule has 1 heterocycles. The molecule has 2 bridgehead atoms. The quantitative estimate of drug-likeness (QED) is 0.787. The van der Waals surface area contributed by atoms with Crippen LogP contribution in [0, 0.1) is 17.8 Å². The van der Waals surface area contributed by atoms with Crippen LogP contribution in [-0.4, -0.2) is 36.6 Å². The number of carbonyl (C=O) groups excluding carboxylic acids is 2. The third-order valence-corrected chi connectivity index (χ3v) is 6.52. The SMILES string of the molecule is COC1(OC)C(=O)C2C=C(c3nc4ccccc4s3)C1CC2C(C)=O. The Hall–Kier alpha value is -1.89. The Morgan fingerprint density at radius 2 is 2.00 bits per heavy atom. The minimum absolute atomic E-state index is 0.0313. The van der Waals surface area contributed by atoms with Crippen molar-refractivity contribution in [2.45, 2.75) is 19.1 Å². The van der Waals surface area contributed by atoms with E-state index in [1.807, 2.05) is 30.3 Å². The molecule has 0 spiro atoms. The second-order valence-electron chi connectivity index (χ2n) is 6.58. The van der Waals surface area contributed by atoms with Gasteiger partial charge in [-0.25, -0.2) is 4.98 Å². The first kappa shape index (κ1) is 16.6. The standard InChI is InChI=1S/C19H19NO4S/c1-10(21)11-9-14-13(8-12(11)17(22)19(14,23-2)24-3)18-20-15-6-4-5-7-16(15)25-18/h4-8,11-12,14H,9H2,1-3H3. The summed E-state index contributed by atoms with van der Waals surface area (Å²) in [5, 5.41) is 0.865. The van der Waals surface area contributed by atoms with Crippen molar-refractivity contribution in [2.75, 3.05) is 14.2 Å². The number of aromatic nitrogens is 1. The van der Waals surface area contributed by atoms with Crippen LogP contribution in [0.25, 0.3) is 15.8 Å². The lowest BCUT2D eigenvalue weighted by atomic mass is 9.60. The molecular weight excluding hydrogens is 338 g/mol. The molecule has 3 unspecified atom stereocenters. The zero-order valence-electron chi connectivity index (χ0n) is 14.3. The Bertz CT molecular complexity index is 863. The van der Waals surface area contributed by atoms with E-state index in [4.69, 9.17) is 14.5 Å². The number of carbonyl (C=O) groups is 2. The van der Waals surface area contributed by atoms with E-state index in [0.717, 1.165) is 20.8 Å². The minimum atomic E-state index is -1.33. The van der Waals surface area contributed by atoms with Gasteiger partial charge in [-0.1, -0.05) is 18.2 Å². The van der Waals surface area contributed by atoms with Crippen LogP contribution in [0.2, 0.25) is 0 Å². The van der Waals surface area contributed by atoms with Crippen molar-refractivity contribution in [2.24, 2.45) is 17.8 Å². The molecule has 6 heteroatoms. The maximum absolute atomic E-state index is 13.0. The van der Waals surface area contributed by atoms with Gasteiger partial charge in [0.25, 0.3) is 0 Å². The van der Waals surface area contributed by atoms with Gasteiger partial charge in [-0.2, -0.15) is 0 Å². The first-order chi connectivity index (χ1) is 12.0. The molecule has 3 aliphatic carbocycles. The second kappa shape index (κ2) is 5.83. The summed E-state index contributed by atoms with van der Waals surface area (Å²) in [5.74, 6) is -2.64. The molecular formula is C19H19NO4S. The summed E-state index contributed by atoms with van der Waals surface area (Å²) in [6.07, 6.45) is 2.45. The highest BCUT2D eigenvalue weighted by Crippen LogP contribution is 2.53. The lowest BCUT2D eigenvalue weighted by Gasteiger charge is -2.49. The molecule has 2 aromatic rings. The van der Waals surface area contributed by atoms with E-state index in [1.54, 1.807) is 18.3 Å². The van der Waals surface area contributed by atoms with Crippen LogP contribution in [0.4, 0.5) is 0 Å². The molecule has 3 atom stereocenters. The first-order valence-corrected chi connectivity index (χ1v) is 9.06. The molecule has 25 heavy (non-hydrogen) atoms. The lowest BCUT2D eigenvalue weighted by molar-refractivity contribution is -0.237. The van der Waals surface area contributed by atoms with Gasteiger partial charge in [0.05, 0.1) is 16.1 Å². The van der Waals surface area contributed by atoms with Gasteiger partial charge in [0.1, 0.15) is 10.8 Å². The van der Waals surface area contributed by atoms with Gasteiger partial charge in [-0.3, -0.25) is 9.59 Å². The summed E-state index contributed by atoms with van der Waals surface area (Å²) in [5.41, 5.74) is 1.88. The molecule has 0 radical (unpaired) electrons. The van der Waals surface area contributed by atoms with E-state index >= 15 is 0 Å². The smallest absolute Gasteiger partial charge is 0.236 e. The number of para-hydroxylation sites is 1. The molecule has 1 aromatic heterocycles. The number of hydrogen-bond acceptors (Lipinski definition) is 6. The van der Waals surface area contributed by atoms with Gasteiger partial charge < -0.3 is 9.47 Å². The van der Waals surface area contributed by atoms with Gasteiger partial charge >= 0.3 is 0 Å². The zero-order chi connectivity index (χ0) is 17.8. The number of Topliss-reactive ketones (excluding diaryl/α,β-unsaturated/α-hetero) is 2. The minimum Gasteiger partial charge on any atom is -0.346 e. The summed E-state index contributed by atoms with van der Waals surface area (Å²) in [4.78, 5) is 29.7. The fraction of sp³-hybridized carbons (Fsp3) is 0.421. The zero-order valence-corrected chi connectivity index (χ0v) is 15.1. The normalized spacial score (nSPS) is 27.6. The van der Waals surface area contributed by atoms with E-state index in [0.29, 0.717) is 6.42 Å². The monoisotopic (exact) mass is 357 g/mol. The summed E-state index contributed by atoms with van der Waals surface area (Å²) in [6.45, 7) is 1.55. The third-order valence-electron chi connectivity index (χ3n) is 5.43. The highest BCUT2D eigenvalue weighted by Gasteiger charge is 2.61. The molecule has 130 valence electrons. The molecule has 1 aromatic carbocycles. The van der Waals surface area contributed by atoms with E-state index in [-0.39, 0.29) is 23.4 Å². The van der Waals surface area contributed by atoms with Gasteiger partial charge in [0, 0.05) is 26.1 Å². The van der Waals surface area contributed by atoms with Crippen LogP contribution in [-0.2, 0) is 19.1 Å². The number of allylic oxidation sites excluding steroid dienone is 1. The predicted octanol–water partition coefficient (Wildman–Crippen LogP) is 3.09. The molecule has 3 aliphatic rings. The predicted molar refractivity (Wildman–Crippen MR) is 95.1 cm³/mol. The fourth-order valence-electron chi connectivity index (χ4n) is 4.18. The lowest BCUT2D eigenvalue weighted by Crippen LogP contribution is -2.61. The summed E-state index contributed by atoms with van der Waals surface area (Å²) in [7, 11) is 2.97. The van der Waals surface area contributed by atoms with Crippen LogP contribution in [0.3, 0.4) is 0 Å². The highest BCUT2D eigenvalue weighted by atomic mass is 32.1. The number of hydrogen-bond donors (Lipinski definition) is 0. The van der Waals surface area contributed by atoms with Crippen molar-refractivity contribution in [3.63, 3.8) is 0 Å². The van der Waals surface area contributed by atoms with Crippen molar-refractivity contribution < 1.29 is 19.1 Å². The van der Waals surface area contributed by atoms with Gasteiger partial charge in [-0.05, 0) is 31.1 Å². The number of fused-ring (bicyclic) bond motifs is 3. The Morgan fingerprint density at radius 3 is 2.64 bits per heavy atom. The number of ether oxygens (including phenoxy) is 2. The van der Waals surface area contributed by atoms with E-state index in [9.17, 15) is 9.59 Å². The van der Waals surface area contributed by atoms with Gasteiger partial charge in [-0.15, -0.1) is 11.3 Å². The molecule has 0 N–H and O–H groups in total. The first-order valence-electron chi connectivity index (χ1n) is 8.24. The number of methoxy groups -OCH3 is 2. The van der Waals surface area contributed by atoms with E-state index in [2.05, 4.69) is 0 Å². The van der Waals surface area contributed by atoms with Gasteiger partial charge in [0.2, 0.25) is 5.79 Å². The molecule has 0 amide bonds. The average molecular weight is 357 g/mol. The fourth-order valence-corrected chi connectivity index (χ4v) is 5.22. The Labute approximate surface area is 149 Å². The molecule has 0 saturated heterocycles. The Kier molecular flexibility index (Phi) is 3.86. The molecule has 1 fully saturated rings. The molecule has 5 nitrogen and oxygen atoms in total. The van der Waals surface area contributed by atoms with Crippen LogP contribution < -0.4 is 0 Å². The average Bonchev–Trinajstić information content (AvgIpc) is 3.06. The van der Waals surface area contributed by atoms with Crippen LogP contribution in [0.1, 0.15) is 18.4 Å². The summed E-state index contributed by atoms with van der Waals surface area (Å²) in [6, 6.07) is 7.94. The number of rotatable bonds is 4. The second-order valence-corrected chi connectivity index (χ2v) is 7.61. The number of ketones is 2. The van der Waals surface area contributed by atoms with Crippen molar-refractivity contribution in [1.29, 1.82) is 0 Å². The number of thiazole rings is 1. The molecule has 1 saturated carbocycles. The largest absolute Gasteiger partial charge is 0.346 e. The Balaban J connectivity index is 1.87. The van der Waals surface area contributed by atoms with Crippen molar-refractivity contribution in [3.8, 4) is 0 Å². The van der Waals surface area contributed by atoms with Crippen LogP contribution in [0.15, 0.2) is 30.3 Å². The maximum Gasteiger partial charge on any atom is 0.236 e. The van der Waals surface area contributed by atoms with Crippen molar-refractivity contribution in [1.82, 2.24) is 4.98 Å². The molecule has 0 aliphatic heterocycles. The number of benzene rings is 1. The highest BCUT2D eigenvalue weighted by molar-refractivity contribution is 7.19. The van der Waals surface area contributed by atoms with Crippen LogP contribution in [0.5, 0.6) is 0 Å². The van der Waals surface area contributed by atoms with Crippen molar-refractivity contribution in [3.05, 3.63) is 35.3 Å². The summed E-state index contributed by atoms with van der Waals surface area (Å²) < 4.78 is 12.3. The van der Waals surface area contributed by atoms with Gasteiger partial charge in [0.15, 0.2) is 5.78 Å². The third kappa shape index (κ3) is 2.25. The van der Waals surface area contributed by atoms with Crippen LogP contribution >= 0.6 is 11.3 Å².